The number of pyridine rings is 1. The zero-order valence-corrected chi connectivity index (χ0v) is 9.92. The third kappa shape index (κ3) is 2.58. The van der Waals surface area contributed by atoms with Gasteiger partial charge in [0.2, 0.25) is 0 Å². The number of halogens is 4. The normalized spacial score (nSPS) is 12.5. The number of hydrogen-bond donors (Lipinski definition) is 1. The van der Waals surface area contributed by atoms with Crippen LogP contribution in [0.4, 0.5) is 17.6 Å². The number of hydrogen-bond acceptors (Lipinski definition) is 2. The van der Waals surface area contributed by atoms with E-state index in [1.165, 1.54) is 13.2 Å². The van der Waals surface area contributed by atoms with Gasteiger partial charge in [-0.15, -0.1) is 0 Å². The van der Waals surface area contributed by atoms with Gasteiger partial charge in [0.1, 0.15) is 5.82 Å². The Hall–Kier alpha value is -1.95. The second-order valence-electron chi connectivity index (χ2n) is 3.92. The first-order valence-electron chi connectivity index (χ1n) is 5.45. The van der Waals surface area contributed by atoms with Gasteiger partial charge in [-0.1, -0.05) is 6.07 Å². The van der Waals surface area contributed by atoms with Crippen LogP contribution in [0.2, 0.25) is 0 Å². The van der Waals surface area contributed by atoms with E-state index in [-0.39, 0.29) is 5.56 Å². The number of nitrogens with zero attached hydrogens (tertiary/aromatic N) is 1. The van der Waals surface area contributed by atoms with Gasteiger partial charge in [-0.25, -0.2) is 17.6 Å². The van der Waals surface area contributed by atoms with Gasteiger partial charge in [0.15, 0.2) is 17.5 Å². The summed E-state index contributed by atoms with van der Waals surface area (Å²) in [4.78, 5) is 3.64. The van der Waals surface area contributed by atoms with Crippen molar-refractivity contribution in [2.45, 2.75) is 6.04 Å². The molecule has 2 nitrogen and oxygen atoms in total. The molecule has 0 saturated heterocycles. The van der Waals surface area contributed by atoms with E-state index in [0.29, 0.717) is 5.56 Å². The Kier molecular flexibility index (Phi) is 3.80. The molecule has 0 bridgehead atoms. The van der Waals surface area contributed by atoms with E-state index < -0.39 is 29.3 Å². The summed E-state index contributed by atoms with van der Waals surface area (Å²) in [5, 5.41) is 2.71. The van der Waals surface area contributed by atoms with E-state index >= 15 is 0 Å². The summed E-state index contributed by atoms with van der Waals surface area (Å²) in [7, 11) is 1.50. The molecular formula is C13H10F4N2. The first-order chi connectivity index (χ1) is 9.04. The standard InChI is InChI=1S/C13H10F4N2/c1-18-13(7-4-8(14)6-19-5-7)9-2-3-10(15)12(17)11(9)16/h2-6,13,18H,1H3. The molecule has 0 spiro atoms. The lowest BCUT2D eigenvalue weighted by molar-refractivity contribution is 0.435. The third-order valence-corrected chi connectivity index (χ3v) is 2.72. The summed E-state index contributed by atoms with van der Waals surface area (Å²) in [5.41, 5.74) is 0.196. The Balaban J connectivity index is 2.51. The zero-order valence-electron chi connectivity index (χ0n) is 9.92. The first-order valence-corrected chi connectivity index (χ1v) is 5.45. The molecule has 0 aliphatic heterocycles. The summed E-state index contributed by atoms with van der Waals surface area (Å²) in [6, 6.07) is 2.26. The molecular weight excluding hydrogens is 260 g/mol. The molecule has 1 unspecified atom stereocenters. The number of nitrogens with one attached hydrogen (secondary N) is 1. The monoisotopic (exact) mass is 270 g/mol. The van der Waals surface area contributed by atoms with Crippen LogP contribution >= 0.6 is 0 Å². The second-order valence-corrected chi connectivity index (χ2v) is 3.92. The fourth-order valence-corrected chi connectivity index (χ4v) is 1.85. The Morgan fingerprint density at radius 1 is 1.05 bits per heavy atom. The predicted molar refractivity (Wildman–Crippen MR) is 61.4 cm³/mol. The Labute approximate surface area is 107 Å². The van der Waals surface area contributed by atoms with Crippen molar-refractivity contribution >= 4 is 0 Å². The van der Waals surface area contributed by atoms with Crippen LogP contribution in [0.15, 0.2) is 30.6 Å². The van der Waals surface area contributed by atoms with Gasteiger partial charge in [-0.05, 0) is 24.7 Å². The lowest BCUT2D eigenvalue weighted by Crippen LogP contribution is -2.20. The van der Waals surface area contributed by atoms with E-state index in [1.807, 2.05) is 0 Å². The highest BCUT2D eigenvalue weighted by molar-refractivity contribution is 5.32. The fraction of sp³-hybridized carbons (Fsp3) is 0.154. The largest absolute Gasteiger partial charge is 0.309 e. The number of benzene rings is 1. The van der Waals surface area contributed by atoms with Crippen LogP contribution in [0.25, 0.3) is 0 Å². The lowest BCUT2D eigenvalue weighted by atomic mass is 9.99. The quantitative estimate of drug-likeness (QED) is 0.685. The van der Waals surface area contributed by atoms with Crippen molar-refractivity contribution in [1.82, 2.24) is 10.3 Å². The maximum Gasteiger partial charge on any atom is 0.194 e. The van der Waals surface area contributed by atoms with Gasteiger partial charge in [-0.3, -0.25) is 4.98 Å². The van der Waals surface area contributed by atoms with Crippen molar-refractivity contribution in [3.63, 3.8) is 0 Å². The molecule has 6 heteroatoms. The predicted octanol–water partition coefficient (Wildman–Crippen LogP) is 2.95. The minimum absolute atomic E-state index is 0.117. The van der Waals surface area contributed by atoms with Gasteiger partial charge in [0.05, 0.1) is 12.2 Å². The molecule has 0 radical (unpaired) electrons. The van der Waals surface area contributed by atoms with Crippen LogP contribution in [-0.4, -0.2) is 12.0 Å². The van der Waals surface area contributed by atoms with Crippen molar-refractivity contribution in [3.05, 3.63) is 65.0 Å². The summed E-state index contributed by atoms with van der Waals surface area (Å²) in [6.07, 6.45) is 2.32. The number of rotatable bonds is 3. The molecule has 0 aliphatic rings. The van der Waals surface area contributed by atoms with E-state index in [1.54, 1.807) is 0 Å². The van der Waals surface area contributed by atoms with Crippen molar-refractivity contribution in [2.24, 2.45) is 0 Å². The molecule has 0 aliphatic carbocycles. The minimum atomic E-state index is -1.55. The third-order valence-electron chi connectivity index (χ3n) is 2.72. The van der Waals surface area contributed by atoms with Gasteiger partial charge < -0.3 is 5.32 Å². The molecule has 1 aromatic heterocycles. The van der Waals surface area contributed by atoms with E-state index in [4.69, 9.17) is 0 Å². The highest BCUT2D eigenvalue weighted by Gasteiger charge is 2.21. The van der Waals surface area contributed by atoms with Crippen LogP contribution in [0, 0.1) is 23.3 Å². The molecule has 19 heavy (non-hydrogen) atoms. The van der Waals surface area contributed by atoms with E-state index in [9.17, 15) is 17.6 Å². The van der Waals surface area contributed by atoms with Gasteiger partial charge in [0, 0.05) is 11.8 Å². The molecule has 0 amide bonds. The Morgan fingerprint density at radius 2 is 1.79 bits per heavy atom. The Morgan fingerprint density at radius 3 is 2.42 bits per heavy atom. The van der Waals surface area contributed by atoms with Crippen molar-refractivity contribution in [3.8, 4) is 0 Å². The molecule has 2 aromatic rings. The average molecular weight is 270 g/mol. The number of aromatic nitrogens is 1. The van der Waals surface area contributed by atoms with E-state index in [0.717, 1.165) is 24.4 Å². The average Bonchev–Trinajstić information content (AvgIpc) is 2.40. The van der Waals surface area contributed by atoms with E-state index in [2.05, 4.69) is 10.3 Å². The van der Waals surface area contributed by atoms with Crippen LogP contribution in [0.5, 0.6) is 0 Å². The molecule has 1 aromatic carbocycles. The second kappa shape index (κ2) is 5.36. The molecule has 0 fully saturated rings. The summed E-state index contributed by atoms with van der Waals surface area (Å²) >= 11 is 0. The summed E-state index contributed by atoms with van der Waals surface area (Å²) in [5.74, 6) is -4.72. The maximum atomic E-state index is 13.7. The zero-order chi connectivity index (χ0) is 14.0. The Bertz CT molecular complexity index is 601. The smallest absolute Gasteiger partial charge is 0.194 e. The molecule has 0 saturated carbocycles. The first kappa shape index (κ1) is 13.5. The van der Waals surface area contributed by atoms with Gasteiger partial charge in [0.25, 0.3) is 0 Å². The van der Waals surface area contributed by atoms with Crippen molar-refractivity contribution in [2.75, 3.05) is 7.05 Å². The van der Waals surface area contributed by atoms with Crippen LogP contribution in [0.1, 0.15) is 17.2 Å². The van der Waals surface area contributed by atoms with Crippen LogP contribution in [-0.2, 0) is 0 Å². The molecule has 1 atom stereocenters. The molecule has 100 valence electrons. The highest BCUT2D eigenvalue weighted by Crippen LogP contribution is 2.26. The van der Waals surface area contributed by atoms with Crippen molar-refractivity contribution in [1.29, 1.82) is 0 Å². The highest BCUT2D eigenvalue weighted by atomic mass is 19.2. The van der Waals surface area contributed by atoms with Gasteiger partial charge in [-0.2, -0.15) is 0 Å². The van der Waals surface area contributed by atoms with Crippen LogP contribution in [0.3, 0.4) is 0 Å². The fourth-order valence-electron chi connectivity index (χ4n) is 1.85. The maximum absolute atomic E-state index is 13.7. The molecule has 1 N–H and O–H groups in total. The molecule has 1 heterocycles. The SMILES string of the molecule is CNC(c1cncc(F)c1)c1ccc(F)c(F)c1F. The minimum Gasteiger partial charge on any atom is -0.309 e. The summed E-state index contributed by atoms with van der Waals surface area (Å²) in [6.45, 7) is 0. The van der Waals surface area contributed by atoms with Gasteiger partial charge >= 0.3 is 0 Å². The van der Waals surface area contributed by atoms with Crippen LogP contribution < -0.4 is 5.32 Å². The topological polar surface area (TPSA) is 24.9 Å². The molecule has 2 rings (SSSR count). The lowest BCUT2D eigenvalue weighted by Gasteiger charge is -2.17. The summed E-state index contributed by atoms with van der Waals surface area (Å²) < 4.78 is 52.9. The van der Waals surface area contributed by atoms with Crippen molar-refractivity contribution < 1.29 is 17.6 Å².